The summed E-state index contributed by atoms with van der Waals surface area (Å²) in [6.07, 6.45) is 5.63. The first-order chi connectivity index (χ1) is 10.0. The Morgan fingerprint density at radius 3 is 2.67 bits per heavy atom. The number of carbonyl (C=O) groups excluding carboxylic acids is 1. The van der Waals surface area contributed by atoms with Crippen molar-refractivity contribution in [2.75, 3.05) is 0 Å². The third kappa shape index (κ3) is 2.76. The number of thiophene rings is 1. The largest absolute Gasteiger partial charge is 0.321 e. The molecule has 2 heterocycles. The molecule has 4 heteroatoms. The third-order valence-corrected chi connectivity index (χ3v) is 5.85. The quantitative estimate of drug-likeness (QED) is 0.920. The standard InChI is InChI=1S/C17H26N2OS/c1-12(2)8-15-18-17(6-4-5-7-17)16(20)19(15)9-14-11-21-10-13(14)3/h10-12,15,18H,4-9H2,1-3H3. The van der Waals surface area contributed by atoms with Crippen LogP contribution in [-0.4, -0.2) is 22.5 Å². The molecule has 1 aliphatic heterocycles. The maximum absolute atomic E-state index is 13.0. The lowest BCUT2D eigenvalue weighted by atomic mass is 9.98. The normalized spacial score (nSPS) is 24.7. The lowest BCUT2D eigenvalue weighted by molar-refractivity contribution is -0.133. The first kappa shape index (κ1) is 15.0. The van der Waals surface area contributed by atoms with E-state index in [0.717, 1.165) is 25.8 Å². The Labute approximate surface area is 131 Å². The number of hydrogen-bond acceptors (Lipinski definition) is 3. The molecule has 0 bridgehead atoms. The van der Waals surface area contributed by atoms with Gasteiger partial charge in [0.25, 0.3) is 0 Å². The van der Waals surface area contributed by atoms with Gasteiger partial charge in [0, 0.05) is 6.54 Å². The van der Waals surface area contributed by atoms with E-state index in [2.05, 4.69) is 41.7 Å². The molecule has 1 saturated heterocycles. The Kier molecular flexibility index (Phi) is 4.10. The van der Waals surface area contributed by atoms with E-state index in [-0.39, 0.29) is 11.7 Å². The summed E-state index contributed by atoms with van der Waals surface area (Å²) in [7, 11) is 0. The van der Waals surface area contributed by atoms with Crippen molar-refractivity contribution in [3.63, 3.8) is 0 Å². The predicted molar refractivity (Wildman–Crippen MR) is 87.2 cm³/mol. The van der Waals surface area contributed by atoms with Crippen molar-refractivity contribution in [2.45, 2.75) is 71.1 Å². The van der Waals surface area contributed by atoms with Crippen molar-refractivity contribution in [3.05, 3.63) is 21.9 Å². The Hall–Kier alpha value is -0.870. The SMILES string of the molecule is Cc1cscc1CN1C(=O)C2(CCCC2)NC1CC(C)C. The molecule has 3 nitrogen and oxygen atoms in total. The van der Waals surface area contributed by atoms with Gasteiger partial charge in [-0.05, 0) is 54.0 Å². The molecule has 1 aromatic rings. The van der Waals surface area contributed by atoms with Crippen molar-refractivity contribution < 1.29 is 4.79 Å². The molecule has 3 rings (SSSR count). The summed E-state index contributed by atoms with van der Waals surface area (Å²) < 4.78 is 0. The number of amides is 1. The van der Waals surface area contributed by atoms with Gasteiger partial charge in [-0.3, -0.25) is 10.1 Å². The summed E-state index contributed by atoms with van der Waals surface area (Å²) in [5.74, 6) is 0.939. The molecule has 1 aliphatic carbocycles. The number of hydrogen-bond donors (Lipinski definition) is 1. The van der Waals surface area contributed by atoms with Crippen LogP contribution in [0.3, 0.4) is 0 Å². The molecule has 0 radical (unpaired) electrons. The summed E-state index contributed by atoms with van der Waals surface area (Å²) in [5, 5.41) is 8.07. The molecule has 1 spiro atoms. The average Bonchev–Trinajstić information content (AvgIpc) is 3.09. The lowest BCUT2D eigenvalue weighted by Gasteiger charge is -2.25. The van der Waals surface area contributed by atoms with E-state index in [1.807, 2.05) is 0 Å². The third-order valence-electron chi connectivity index (χ3n) is 4.94. The van der Waals surface area contributed by atoms with Crippen LogP contribution in [0.4, 0.5) is 0 Å². The van der Waals surface area contributed by atoms with E-state index in [0.29, 0.717) is 11.8 Å². The molecule has 21 heavy (non-hydrogen) atoms. The number of nitrogens with zero attached hydrogens (tertiary/aromatic N) is 1. The van der Waals surface area contributed by atoms with Gasteiger partial charge in [-0.25, -0.2) is 0 Å². The van der Waals surface area contributed by atoms with Gasteiger partial charge in [0.05, 0.1) is 11.7 Å². The van der Waals surface area contributed by atoms with Gasteiger partial charge in [0.1, 0.15) is 0 Å². The van der Waals surface area contributed by atoms with E-state index in [9.17, 15) is 4.79 Å². The van der Waals surface area contributed by atoms with E-state index >= 15 is 0 Å². The summed E-state index contributed by atoms with van der Waals surface area (Å²) in [5.41, 5.74) is 2.37. The first-order valence-corrected chi connectivity index (χ1v) is 9.06. The number of carbonyl (C=O) groups is 1. The highest BCUT2D eigenvalue weighted by Gasteiger charge is 2.52. The van der Waals surface area contributed by atoms with E-state index in [1.165, 1.54) is 24.0 Å². The van der Waals surface area contributed by atoms with Crippen molar-refractivity contribution in [2.24, 2.45) is 5.92 Å². The predicted octanol–water partition coefficient (Wildman–Crippen LogP) is 3.67. The number of rotatable bonds is 4. The minimum absolute atomic E-state index is 0.204. The van der Waals surface area contributed by atoms with E-state index in [4.69, 9.17) is 0 Å². The van der Waals surface area contributed by atoms with Crippen LogP contribution in [0.25, 0.3) is 0 Å². The second-order valence-electron chi connectivity index (χ2n) is 7.09. The monoisotopic (exact) mass is 306 g/mol. The molecule has 1 amide bonds. The van der Waals surface area contributed by atoms with Crippen LogP contribution in [0.1, 0.15) is 57.1 Å². The maximum atomic E-state index is 13.0. The molecule has 0 aromatic carbocycles. The van der Waals surface area contributed by atoms with Gasteiger partial charge in [0.2, 0.25) is 5.91 Å². The Balaban J connectivity index is 1.83. The zero-order valence-electron chi connectivity index (χ0n) is 13.3. The van der Waals surface area contributed by atoms with Crippen LogP contribution in [0.15, 0.2) is 10.8 Å². The fourth-order valence-corrected chi connectivity index (χ4v) is 4.61. The van der Waals surface area contributed by atoms with Crippen molar-refractivity contribution in [3.8, 4) is 0 Å². The second kappa shape index (κ2) is 5.73. The van der Waals surface area contributed by atoms with Crippen molar-refractivity contribution >= 4 is 17.2 Å². The molecular weight excluding hydrogens is 280 g/mol. The molecule has 2 aliphatic rings. The van der Waals surface area contributed by atoms with Gasteiger partial charge in [-0.2, -0.15) is 11.3 Å². The van der Waals surface area contributed by atoms with Crippen molar-refractivity contribution in [1.29, 1.82) is 0 Å². The summed E-state index contributed by atoms with van der Waals surface area (Å²) in [6, 6.07) is 0. The Bertz CT molecular complexity index is 517. The van der Waals surface area contributed by atoms with Gasteiger partial charge in [0.15, 0.2) is 0 Å². The Morgan fingerprint density at radius 2 is 2.10 bits per heavy atom. The van der Waals surface area contributed by atoms with Gasteiger partial charge in [-0.1, -0.05) is 26.7 Å². The molecule has 2 fully saturated rings. The van der Waals surface area contributed by atoms with E-state index < -0.39 is 0 Å². The van der Waals surface area contributed by atoms with Crippen LogP contribution in [0.2, 0.25) is 0 Å². The maximum Gasteiger partial charge on any atom is 0.244 e. The van der Waals surface area contributed by atoms with Crippen LogP contribution in [0, 0.1) is 12.8 Å². The Morgan fingerprint density at radius 1 is 1.38 bits per heavy atom. The smallest absolute Gasteiger partial charge is 0.244 e. The second-order valence-corrected chi connectivity index (χ2v) is 7.84. The molecule has 1 saturated carbocycles. The first-order valence-electron chi connectivity index (χ1n) is 8.12. The van der Waals surface area contributed by atoms with E-state index in [1.54, 1.807) is 11.3 Å². The highest BCUT2D eigenvalue weighted by molar-refractivity contribution is 7.08. The molecule has 116 valence electrons. The van der Waals surface area contributed by atoms with Gasteiger partial charge in [-0.15, -0.1) is 0 Å². The highest BCUT2D eigenvalue weighted by atomic mass is 32.1. The van der Waals surface area contributed by atoms with Crippen molar-refractivity contribution in [1.82, 2.24) is 10.2 Å². The summed E-state index contributed by atoms with van der Waals surface area (Å²) >= 11 is 1.73. The zero-order chi connectivity index (χ0) is 15.0. The summed E-state index contributed by atoms with van der Waals surface area (Å²) in [6.45, 7) is 7.38. The fraction of sp³-hybridized carbons (Fsp3) is 0.706. The lowest BCUT2D eigenvalue weighted by Crippen LogP contribution is -2.44. The summed E-state index contributed by atoms with van der Waals surface area (Å²) in [4.78, 5) is 15.1. The van der Waals surface area contributed by atoms with Gasteiger partial charge >= 0.3 is 0 Å². The minimum atomic E-state index is -0.247. The van der Waals surface area contributed by atoms with Gasteiger partial charge < -0.3 is 4.90 Å². The fourth-order valence-electron chi connectivity index (χ4n) is 3.76. The topological polar surface area (TPSA) is 32.3 Å². The highest BCUT2D eigenvalue weighted by Crippen LogP contribution is 2.38. The molecule has 1 unspecified atom stereocenters. The number of nitrogens with one attached hydrogen (secondary N) is 1. The molecule has 1 atom stereocenters. The molecule has 1 aromatic heterocycles. The zero-order valence-corrected chi connectivity index (χ0v) is 14.1. The van der Waals surface area contributed by atoms with Crippen LogP contribution in [0.5, 0.6) is 0 Å². The minimum Gasteiger partial charge on any atom is -0.321 e. The molecular formula is C17H26N2OS. The van der Waals surface area contributed by atoms with Crippen LogP contribution < -0.4 is 5.32 Å². The van der Waals surface area contributed by atoms with Crippen LogP contribution >= 0.6 is 11.3 Å². The number of aryl methyl sites for hydroxylation is 1. The average molecular weight is 306 g/mol. The molecule has 1 N–H and O–H groups in total. The van der Waals surface area contributed by atoms with Crippen LogP contribution in [-0.2, 0) is 11.3 Å².